The van der Waals surface area contributed by atoms with Crippen molar-refractivity contribution in [1.82, 2.24) is 9.88 Å². The summed E-state index contributed by atoms with van der Waals surface area (Å²) in [5.41, 5.74) is 1.32. The molecule has 0 spiro atoms. The quantitative estimate of drug-likeness (QED) is 0.768. The summed E-state index contributed by atoms with van der Waals surface area (Å²) in [4.78, 5) is 0. The van der Waals surface area contributed by atoms with E-state index in [0.717, 1.165) is 19.7 Å². The fourth-order valence-electron chi connectivity index (χ4n) is 2.43. The predicted octanol–water partition coefficient (Wildman–Crippen LogP) is 2.46. The van der Waals surface area contributed by atoms with Crippen molar-refractivity contribution in [3.63, 3.8) is 0 Å². The maximum absolute atomic E-state index is 5.86. The molecule has 1 aliphatic carbocycles. The lowest BCUT2D eigenvalue weighted by atomic mass is 9.98. The highest BCUT2D eigenvalue weighted by molar-refractivity contribution is 5.05. The van der Waals surface area contributed by atoms with Crippen LogP contribution in [0.1, 0.15) is 37.8 Å². The molecule has 17 heavy (non-hydrogen) atoms. The lowest BCUT2D eigenvalue weighted by Crippen LogP contribution is -2.24. The van der Waals surface area contributed by atoms with Crippen LogP contribution in [0.25, 0.3) is 0 Å². The molecule has 1 aliphatic rings. The summed E-state index contributed by atoms with van der Waals surface area (Å²) in [6.45, 7) is 2.72. The van der Waals surface area contributed by atoms with E-state index in [9.17, 15) is 0 Å². The SMILES string of the molecule is Cn1cccc1CNCCOC1CCCCC1. The molecule has 3 nitrogen and oxygen atoms in total. The summed E-state index contributed by atoms with van der Waals surface area (Å²) < 4.78 is 8.01. The third-order valence-corrected chi connectivity index (χ3v) is 3.54. The van der Waals surface area contributed by atoms with E-state index in [0.29, 0.717) is 6.10 Å². The highest BCUT2D eigenvalue weighted by atomic mass is 16.5. The molecular formula is C14H24N2O. The number of nitrogens with one attached hydrogen (secondary N) is 1. The Morgan fingerprint density at radius 3 is 2.88 bits per heavy atom. The summed E-state index contributed by atoms with van der Waals surface area (Å²) in [7, 11) is 2.08. The van der Waals surface area contributed by atoms with Gasteiger partial charge in [-0.05, 0) is 25.0 Å². The molecule has 0 radical (unpaired) electrons. The first-order valence-electron chi connectivity index (χ1n) is 6.79. The van der Waals surface area contributed by atoms with Crippen molar-refractivity contribution in [3.8, 4) is 0 Å². The van der Waals surface area contributed by atoms with Crippen LogP contribution >= 0.6 is 0 Å². The van der Waals surface area contributed by atoms with Gasteiger partial charge < -0.3 is 14.6 Å². The number of aryl methyl sites for hydroxylation is 1. The second kappa shape index (κ2) is 6.82. The fraction of sp³-hybridized carbons (Fsp3) is 0.714. The minimum absolute atomic E-state index is 0.528. The zero-order valence-electron chi connectivity index (χ0n) is 10.8. The van der Waals surface area contributed by atoms with Crippen molar-refractivity contribution in [2.75, 3.05) is 13.2 Å². The first-order valence-corrected chi connectivity index (χ1v) is 6.79. The van der Waals surface area contributed by atoms with Gasteiger partial charge in [0, 0.05) is 32.0 Å². The molecule has 1 aromatic rings. The molecular weight excluding hydrogens is 212 g/mol. The topological polar surface area (TPSA) is 26.2 Å². The lowest BCUT2D eigenvalue weighted by Gasteiger charge is -2.22. The van der Waals surface area contributed by atoms with Gasteiger partial charge in [-0.25, -0.2) is 0 Å². The van der Waals surface area contributed by atoms with Crippen LogP contribution in [0.2, 0.25) is 0 Å². The molecule has 0 atom stereocenters. The largest absolute Gasteiger partial charge is 0.377 e. The van der Waals surface area contributed by atoms with Crippen molar-refractivity contribution >= 4 is 0 Å². The number of aromatic nitrogens is 1. The Hall–Kier alpha value is -0.800. The summed E-state index contributed by atoms with van der Waals surface area (Å²) in [6, 6.07) is 4.23. The van der Waals surface area contributed by atoms with Crippen LogP contribution in [0.3, 0.4) is 0 Å². The molecule has 0 saturated heterocycles. The molecule has 0 unspecified atom stereocenters. The molecule has 2 rings (SSSR count). The molecule has 3 heteroatoms. The smallest absolute Gasteiger partial charge is 0.0594 e. The van der Waals surface area contributed by atoms with E-state index in [4.69, 9.17) is 4.74 Å². The summed E-state index contributed by atoms with van der Waals surface area (Å²) >= 11 is 0. The van der Waals surface area contributed by atoms with Gasteiger partial charge in [0.05, 0.1) is 12.7 Å². The zero-order valence-corrected chi connectivity index (χ0v) is 10.8. The van der Waals surface area contributed by atoms with Gasteiger partial charge in [0.15, 0.2) is 0 Å². The van der Waals surface area contributed by atoms with E-state index in [1.807, 2.05) is 0 Å². The molecule has 96 valence electrons. The van der Waals surface area contributed by atoms with E-state index in [1.165, 1.54) is 37.8 Å². The lowest BCUT2D eigenvalue weighted by molar-refractivity contribution is 0.0302. The molecule has 0 bridgehead atoms. The predicted molar refractivity (Wildman–Crippen MR) is 69.9 cm³/mol. The summed E-state index contributed by atoms with van der Waals surface area (Å²) in [5, 5.41) is 3.42. The van der Waals surface area contributed by atoms with Gasteiger partial charge in [-0.1, -0.05) is 19.3 Å². The molecule has 1 saturated carbocycles. The average molecular weight is 236 g/mol. The number of rotatable bonds is 6. The minimum Gasteiger partial charge on any atom is -0.377 e. The van der Waals surface area contributed by atoms with Crippen LogP contribution in [0.15, 0.2) is 18.3 Å². The van der Waals surface area contributed by atoms with E-state index >= 15 is 0 Å². The second-order valence-electron chi connectivity index (χ2n) is 4.92. The van der Waals surface area contributed by atoms with Crippen molar-refractivity contribution in [2.45, 2.75) is 44.8 Å². The number of hydrogen-bond donors (Lipinski definition) is 1. The number of nitrogens with zero attached hydrogens (tertiary/aromatic N) is 1. The summed E-state index contributed by atoms with van der Waals surface area (Å²) in [6.07, 6.45) is 9.22. The van der Waals surface area contributed by atoms with Crippen molar-refractivity contribution in [1.29, 1.82) is 0 Å². The van der Waals surface area contributed by atoms with Crippen LogP contribution in [-0.2, 0) is 18.3 Å². The van der Waals surface area contributed by atoms with Gasteiger partial charge in [-0.15, -0.1) is 0 Å². The zero-order chi connectivity index (χ0) is 11.9. The maximum atomic E-state index is 5.86. The van der Waals surface area contributed by atoms with Crippen LogP contribution in [0.4, 0.5) is 0 Å². The number of hydrogen-bond acceptors (Lipinski definition) is 2. The average Bonchev–Trinajstić information content (AvgIpc) is 2.76. The van der Waals surface area contributed by atoms with Gasteiger partial charge >= 0.3 is 0 Å². The van der Waals surface area contributed by atoms with Crippen molar-refractivity contribution in [3.05, 3.63) is 24.0 Å². The number of ether oxygens (including phenoxy) is 1. The molecule has 1 aromatic heterocycles. The highest BCUT2D eigenvalue weighted by Crippen LogP contribution is 2.19. The second-order valence-corrected chi connectivity index (χ2v) is 4.92. The van der Waals surface area contributed by atoms with Gasteiger partial charge in [0.25, 0.3) is 0 Å². The van der Waals surface area contributed by atoms with Crippen LogP contribution in [0.5, 0.6) is 0 Å². The van der Waals surface area contributed by atoms with Gasteiger partial charge in [-0.3, -0.25) is 0 Å². The minimum atomic E-state index is 0.528. The Kier molecular flexibility index (Phi) is 5.08. The molecule has 1 fully saturated rings. The Balaban J connectivity index is 1.53. The molecule has 1 N–H and O–H groups in total. The van der Waals surface area contributed by atoms with Gasteiger partial charge in [0.1, 0.15) is 0 Å². The van der Waals surface area contributed by atoms with E-state index in [2.05, 4.69) is 35.3 Å². The van der Waals surface area contributed by atoms with Gasteiger partial charge in [-0.2, -0.15) is 0 Å². The van der Waals surface area contributed by atoms with E-state index in [-0.39, 0.29) is 0 Å². The Bertz CT molecular complexity index is 316. The Morgan fingerprint density at radius 2 is 2.18 bits per heavy atom. The molecule has 0 amide bonds. The normalized spacial score (nSPS) is 17.5. The maximum Gasteiger partial charge on any atom is 0.0594 e. The first kappa shape index (κ1) is 12.7. The van der Waals surface area contributed by atoms with Crippen LogP contribution in [0, 0.1) is 0 Å². The summed E-state index contributed by atoms with van der Waals surface area (Å²) in [5.74, 6) is 0. The Morgan fingerprint density at radius 1 is 1.35 bits per heavy atom. The fourth-order valence-corrected chi connectivity index (χ4v) is 2.43. The third kappa shape index (κ3) is 4.17. The standard InChI is InChI=1S/C14H24N2O/c1-16-10-5-6-13(16)12-15-9-11-17-14-7-3-2-4-8-14/h5-6,10,14-15H,2-4,7-9,11-12H2,1H3. The van der Waals surface area contributed by atoms with Crippen molar-refractivity contribution < 1.29 is 4.74 Å². The van der Waals surface area contributed by atoms with Crippen molar-refractivity contribution in [2.24, 2.45) is 7.05 Å². The van der Waals surface area contributed by atoms with E-state index in [1.54, 1.807) is 0 Å². The first-order chi connectivity index (χ1) is 8.36. The monoisotopic (exact) mass is 236 g/mol. The Labute approximate surface area is 104 Å². The van der Waals surface area contributed by atoms with Gasteiger partial charge in [0.2, 0.25) is 0 Å². The molecule has 1 heterocycles. The van der Waals surface area contributed by atoms with Crippen LogP contribution < -0.4 is 5.32 Å². The van der Waals surface area contributed by atoms with Crippen LogP contribution in [-0.4, -0.2) is 23.8 Å². The van der Waals surface area contributed by atoms with E-state index < -0.39 is 0 Å². The highest BCUT2D eigenvalue weighted by Gasteiger charge is 2.12. The molecule has 0 aromatic carbocycles. The molecule has 0 aliphatic heterocycles. The third-order valence-electron chi connectivity index (χ3n) is 3.54.